The number of hydrogen-bond acceptors (Lipinski definition) is 4. The molecule has 2 aromatic rings. The van der Waals surface area contributed by atoms with Crippen molar-refractivity contribution in [3.63, 3.8) is 0 Å². The Hall–Kier alpha value is -2.04. The summed E-state index contributed by atoms with van der Waals surface area (Å²) in [5.41, 5.74) is 13.2. The van der Waals surface area contributed by atoms with Crippen molar-refractivity contribution in [1.29, 1.82) is 0 Å². The first-order chi connectivity index (χ1) is 7.65. The topological polar surface area (TPSA) is 82.8 Å². The largest absolute Gasteiger partial charge is 0.399 e. The molecule has 0 unspecified atom stereocenters. The number of nitrogen functional groups attached to an aromatic ring is 2. The highest BCUT2D eigenvalue weighted by atomic mass is 15.4. The minimum atomic E-state index is 0.451. The van der Waals surface area contributed by atoms with E-state index in [1.54, 1.807) is 11.7 Å². The van der Waals surface area contributed by atoms with Gasteiger partial charge in [-0.1, -0.05) is 12.1 Å². The van der Waals surface area contributed by atoms with Gasteiger partial charge in [-0.3, -0.25) is 0 Å². The Bertz CT molecular complexity index is 452. The Labute approximate surface area is 94.1 Å². The lowest BCUT2D eigenvalue weighted by Gasteiger charge is -1.99. The van der Waals surface area contributed by atoms with Crippen LogP contribution in [-0.4, -0.2) is 14.8 Å². The van der Waals surface area contributed by atoms with Crippen LogP contribution >= 0.6 is 0 Å². The summed E-state index contributed by atoms with van der Waals surface area (Å²) in [6.07, 6.45) is 1.68. The van der Waals surface area contributed by atoms with E-state index in [0.29, 0.717) is 5.95 Å². The first kappa shape index (κ1) is 10.5. The first-order valence-corrected chi connectivity index (χ1v) is 5.15. The summed E-state index contributed by atoms with van der Waals surface area (Å²) in [5, 5.41) is 4.20. The number of hydrogen-bond donors (Lipinski definition) is 2. The minimum absolute atomic E-state index is 0.451. The molecule has 0 aliphatic carbocycles. The average molecular weight is 217 g/mol. The summed E-state index contributed by atoms with van der Waals surface area (Å²) in [5.74, 6) is 1.23. The highest BCUT2D eigenvalue weighted by Gasteiger charge is 2.03. The summed E-state index contributed by atoms with van der Waals surface area (Å²) < 4.78 is 1.58. The molecule has 2 rings (SSSR count). The van der Waals surface area contributed by atoms with E-state index in [2.05, 4.69) is 10.1 Å². The van der Waals surface area contributed by atoms with Crippen molar-refractivity contribution in [2.24, 2.45) is 7.05 Å². The molecule has 16 heavy (non-hydrogen) atoms. The molecule has 0 atom stereocenters. The van der Waals surface area contributed by atoms with Crippen LogP contribution in [0.2, 0.25) is 0 Å². The van der Waals surface area contributed by atoms with Crippen molar-refractivity contribution in [2.75, 3.05) is 11.5 Å². The third kappa shape index (κ3) is 2.31. The van der Waals surface area contributed by atoms with Crippen LogP contribution in [0.25, 0.3) is 0 Å². The van der Waals surface area contributed by atoms with Gasteiger partial charge in [0.1, 0.15) is 0 Å². The van der Waals surface area contributed by atoms with Crippen LogP contribution in [0.5, 0.6) is 0 Å². The molecule has 1 aromatic carbocycles. The van der Waals surface area contributed by atoms with Crippen molar-refractivity contribution >= 4 is 11.6 Å². The molecule has 0 spiro atoms. The van der Waals surface area contributed by atoms with Crippen LogP contribution in [0.3, 0.4) is 0 Å². The number of aryl methyl sites for hydroxylation is 3. The summed E-state index contributed by atoms with van der Waals surface area (Å²) in [7, 11) is 1.79. The number of anilines is 2. The molecular formula is C11H15N5. The number of nitrogens with two attached hydrogens (primary N) is 2. The van der Waals surface area contributed by atoms with Gasteiger partial charge in [0.05, 0.1) is 0 Å². The van der Waals surface area contributed by atoms with E-state index in [1.807, 2.05) is 24.3 Å². The fraction of sp³-hybridized carbons (Fsp3) is 0.273. The highest BCUT2D eigenvalue weighted by molar-refractivity contribution is 5.39. The molecule has 0 saturated carbocycles. The lowest BCUT2D eigenvalue weighted by Crippen LogP contribution is -1.98. The quantitative estimate of drug-likeness (QED) is 0.744. The predicted molar refractivity (Wildman–Crippen MR) is 63.7 cm³/mol. The van der Waals surface area contributed by atoms with Crippen LogP contribution in [0.4, 0.5) is 11.6 Å². The van der Waals surface area contributed by atoms with Gasteiger partial charge in [0.15, 0.2) is 5.82 Å². The van der Waals surface area contributed by atoms with Gasteiger partial charge in [-0.2, -0.15) is 10.1 Å². The maximum atomic E-state index is 5.61. The molecule has 0 amide bonds. The van der Waals surface area contributed by atoms with E-state index in [1.165, 1.54) is 5.56 Å². The number of nitrogens with zero attached hydrogens (tertiary/aromatic N) is 3. The Morgan fingerprint density at radius 2 is 1.81 bits per heavy atom. The number of rotatable bonds is 3. The zero-order chi connectivity index (χ0) is 11.5. The van der Waals surface area contributed by atoms with Gasteiger partial charge in [0.2, 0.25) is 5.95 Å². The highest BCUT2D eigenvalue weighted by Crippen LogP contribution is 2.08. The van der Waals surface area contributed by atoms with Crippen LogP contribution in [0, 0.1) is 0 Å². The van der Waals surface area contributed by atoms with E-state index >= 15 is 0 Å². The van der Waals surface area contributed by atoms with Crippen LogP contribution in [0.15, 0.2) is 24.3 Å². The zero-order valence-corrected chi connectivity index (χ0v) is 9.22. The van der Waals surface area contributed by atoms with Crippen molar-refractivity contribution in [3.8, 4) is 0 Å². The summed E-state index contributed by atoms with van der Waals surface area (Å²) in [6, 6.07) is 7.83. The van der Waals surface area contributed by atoms with Crippen molar-refractivity contribution in [2.45, 2.75) is 12.8 Å². The standard InChI is InChI=1S/C11H15N5/c1-16-11(13)14-10(15-16)7-4-8-2-5-9(12)6-3-8/h2-3,5-6H,4,7,12H2,1H3,(H2,13,14,15). The van der Waals surface area contributed by atoms with Gasteiger partial charge in [-0.25, -0.2) is 4.68 Å². The normalized spacial score (nSPS) is 10.6. The molecule has 0 bridgehead atoms. The molecular weight excluding hydrogens is 202 g/mol. The van der Waals surface area contributed by atoms with Crippen molar-refractivity contribution < 1.29 is 0 Å². The second-order valence-corrected chi connectivity index (χ2v) is 3.75. The molecule has 5 nitrogen and oxygen atoms in total. The Kier molecular flexibility index (Phi) is 2.76. The van der Waals surface area contributed by atoms with Crippen LogP contribution in [-0.2, 0) is 19.9 Å². The van der Waals surface area contributed by atoms with E-state index in [9.17, 15) is 0 Å². The molecule has 84 valence electrons. The smallest absolute Gasteiger partial charge is 0.218 e. The predicted octanol–water partition coefficient (Wildman–Crippen LogP) is 0.765. The van der Waals surface area contributed by atoms with E-state index in [-0.39, 0.29) is 0 Å². The molecule has 5 heteroatoms. The van der Waals surface area contributed by atoms with E-state index in [4.69, 9.17) is 11.5 Å². The molecule has 0 saturated heterocycles. The van der Waals surface area contributed by atoms with Gasteiger partial charge >= 0.3 is 0 Å². The van der Waals surface area contributed by atoms with Gasteiger partial charge in [-0.15, -0.1) is 0 Å². The second-order valence-electron chi connectivity index (χ2n) is 3.75. The van der Waals surface area contributed by atoms with E-state index < -0.39 is 0 Å². The third-order valence-corrected chi connectivity index (χ3v) is 2.46. The minimum Gasteiger partial charge on any atom is -0.399 e. The lowest BCUT2D eigenvalue weighted by atomic mass is 10.1. The fourth-order valence-electron chi connectivity index (χ4n) is 1.50. The SMILES string of the molecule is Cn1nc(CCc2ccc(N)cc2)nc1N. The number of aromatic nitrogens is 3. The molecule has 0 fully saturated rings. The Morgan fingerprint density at radius 3 is 2.38 bits per heavy atom. The monoisotopic (exact) mass is 217 g/mol. The van der Waals surface area contributed by atoms with Crippen molar-refractivity contribution in [3.05, 3.63) is 35.7 Å². The molecule has 0 aliphatic rings. The van der Waals surface area contributed by atoms with Crippen molar-refractivity contribution in [1.82, 2.24) is 14.8 Å². The Morgan fingerprint density at radius 1 is 1.12 bits per heavy atom. The average Bonchev–Trinajstić information content (AvgIpc) is 2.58. The van der Waals surface area contributed by atoms with Crippen LogP contribution < -0.4 is 11.5 Å². The Balaban J connectivity index is 1.99. The number of benzene rings is 1. The van der Waals surface area contributed by atoms with Gasteiger partial charge in [0.25, 0.3) is 0 Å². The van der Waals surface area contributed by atoms with E-state index in [0.717, 1.165) is 24.4 Å². The molecule has 1 heterocycles. The maximum Gasteiger partial charge on any atom is 0.218 e. The van der Waals surface area contributed by atoms with Crippen LogP contribution in [0.1, 0.15) is 11.4 Å². The molecule has 4 N–H and O–H groups in total. The van der Waals surface area contributed by atoms with Gasteiger partial charge in [0, 0.05) is 19.2 Å². The third-order valence-electron chi connectivity index (χ3n) is 2.46. The maximum absolute atomic E-state index is 5.61. The molecule has 0 radical (unpaired) electrons. The van der Waals surface area contributed by atoms with Gasteiger partial charge < -0.3 is 11.5 Å². The lowest BCUT2D eigenvalue weighted by molar-refractivity contribution is 0.744. The van der Waals surface area contributed by atoms with Gasteiger partial charge in [-0.05, 0) is 24.1 Å². The second kappa shape index (κ2) is 4.22. The summed E-state index contributed by atoms with van der Waals surface area (Å²) in [4.78, 5) is 4.15. The summed E-state index contributed by atoms with van der Waals surface area (Å²) in [6.45, 7) is 0. The molecule has 0 aliphatic heterocycles. The summed E-state index contributed by atoms with van der Waals surface area (Å²) >= 11 is 0. The first-order valence-electron chi connectivity index (χ1n) is 5.15. The zero-order valence-electron chi connectivity index (χ0n) is 9.22. The fourth-order valence-corrected chi connectivity index (χ4v) is 1.50. The molecule has 1 aromatic heterocycles.